The van der Waals surface area contributed by atoms with E-state index in [1.807, 2.05) is 31.3 Å². The number of hydrogen-bond acceptors (Lipinski definition) is 1. The molecule has 2 heterocycles. The van der Waals surface area contributed by atoms with Crippen molar-refractivity contribution in [1.29, 1.82) is 0 Å². The van der Waals surface area contributed by atoms with Gasteiger partial charge < -0.3 is 0 Å². The van der Waals surface area contributed by atoms with Crippen LogP contribution in [0.15, 0.2) is 30.6 Å². The third-order valence-corrected chi connectivity index (χ3v) is 2.43. The standard InChI is InChI=1S/C13H17N3/c1-10(2)8-16-9-12(7-14-16)13-6-4-5-11(3)15-13/h4-7,9-10H,8H2,1-3H3/p+1. The Kier molecular flexibility index (Phi) is 3.04. The maximum Gasteiger partial charge on any atom is 0.204 e. The predicted octanol–water partition coefficient (Wildman–Crippen LogP) is 2.33. The van der Waals surface area contributed by atoms with Gasteiger partial charge in [-0.25, -0.2) is 0 Å². The van der Waals surface area contributed by atoms with E-state index in [2.05, 4.69) is 34.8 Å². The lowest BCUT2D eigenvalue weighted by atomic mass is 10.2. The van der Waals surface area contributed by atoms with Crippen LogP contribution in [0.25, 0.3) is 11.3 Å². The number of H-pyrrole nitrogens is 1. The zero-order valence-corrected chi connectivity index (χ0v) is 10.1. The van der Waals surface area contributed by atoms with E-state index in [9.17, 15) is 0 Å². The van der Waals surface area contributed by atoms with E-state index in [1.165, 1.54) is 0 Å². The van der Waals surface area contributed by atoms with Gasteiger partial charge in [-0.05, 0) is 19.1 Å². The van der Waals surface area contributed by atoms with Gasteiger partial charge in [0, 0.05) is 11.6 Å². The van der Waals surface area contributed by atoms with Crippen molar-refractivity contribution in [3.8, 4) is 11.3 Å². The van der Waals surface area contributed by atoms with E-state index in [1.54, 1.807) is 0 Å². The van der Waals surface area contributed by atoms with Gasteiger partial charge >= 0.3 is 0 Å². The highest BCUT2D eigenvalue weighted by Gasteiger charge is 2.10. The fourth-order valence-electron chi connectivity index (χ4n) is 1.74. The molecule has 0 amide bonds. The first-order chi connectivity index (χ1) is 7.65. The first kappa shape index (κ1) is 10.9. The summed E-state index contributed by atoms with van der Waals surface area (Å²) in [4.78, 5) is 4.50. The Hall–Kier alpha value is -1.64. The molecule has 0 aliphatic rings. The van der Waals surface area contributed by atoms with Crippen LogP contribution in [0.2, 0.25) is 0 Å². The second-order valence-electron chi connectivity index (χ2n) is 4.57. The number of rotatable bonds is 3. The average molecular weight is 216 g/mol. The second-order valence-corrected chi connectivity index (χ2v) is 4.57. The summed E-state index contributed by atoms with van der Waals surface area (Å²) in [5.74, 6) is 0.641. The molecule has 0 fully saturated rings. The number of pyridine rings is 1. The van der Waals surface area contributed by atoms with Gasteiger partial charge in [0.2, 0.25) is 6.20 Å². The van der Waals surface area contributed by atoms with Gasteiger partial charge in [-0.15, -0.1) is 4.68 Å². The topological polar surface area (TPSA) is 32.6 Å². The fourth-order valence-corrected chi connectivity index (χ4v) is 1.74. The number of aryl methyl sites for hydroxylation is 1. The second kappa shape index (κ2) is 4.47. The van der Waals surface area contributed by atoms with Gasteiger partial charge in [0.05, 0.1) is 17.5 Å². The van der Waals surface area contributed by atoms with Crippen LogP contribution >= 0.6 is 0 Å². The Balaban J connectivity index is 2.24. The zero-order valence-electron chi connectivity index (χ0n) is 10.1. The molecule has 2 aromatic rings. The number of nitrogens with one attached hydrogen (secondary N) is 1. The van der Waals surface area contributed by atoms with Crippen molar-refractivity contribution in [2.24, 2.45) is 5.92 Å². The van der Waals surface area contributed by atoms with Gasteiger partial charge in [-0.1, -0.05) is 19.9 Å². The van der Waals surface area contributed by atoms with Crippen molar-refractivity contribution in [2.45, 2.75) is 27.3 Å². The number of aromatic amines is 1. The summed E-state index contributed by atoms with van der Waals surface area (Å²) in [6.07, 6.45) is 4.12. The molecular formula is C13H18N3+. The molecule has 0 bridgehead atoms. The van der Waals surface area contributed by atoms with E-state index in [0.29, 0.717) is 5.92 Å². The van der Waals surface area contributed by atoms with Crippen molar-refractivity contribution < 1.29 is 4.68 Å². The maximum absolute atomic E-state index is 4.50. The lowest BCUT2D eigenvalue weighted by Crippen LogP contribution is -2.37. The van der Waals surface area contributed by atoms with Crippen molar-refractivity contribution in [3.63, 3.8) is 0 Å². The number of aromatic nitrogens is 3. The Bertz CT molecular complexity index is 472. The van der Waals surface area contributed by atoms with Gasteiger partial charge in [-0.2, -0.15) is 5.10 Å². The highest BCUT2D eigenvalue weighted by atomic mass is 15.3. The van der Waals surface area contributed by atoms with Crippen LogP contribution in [0.3, 0.4) is 0 Å². The molecule has 0 aromatic carbocycles. The molecule has 0 atom stereocenters. The molecule has 2 aromatic heterocycles. The lowest BCUT2D eigenvalue weighted by molar-refractivity contribution is -0.754. The summed E-state index contributed by atoms with van der Waals surface area (Å²) in [6.45, 7) is 7.43. The van der Waals surface area contributed by atoms with Crippen molar-refractivity contribution in [3.05, 3.63) is 36.3 Å². The Morgan fingerprint density at radius 1 is 1.38 bits per heavy atom. The SMILES string of the molecule is Cc1cccc(-c2c[nH][n+](CC(C)C)c2)n1. The zero-order chi connectivity index (χ0) is 11.5. The van der Waals surface area contributed by atoms with Crippen molar-refractivity contribution in [1.82, 2.24) is 10.1 Å². The minimum atomic E-state index is 0.641. The quantitative estimate of drug-likeness (QED) is 0.785. The number of nitrogens with zero attached hydrogens (tertiary/aromatic N) is 2. The molecule has 0 saturated carbocycles. The molecule has 3 heteroatoms. The minimum absolute atomic E-state index is 0.641. The lowest BCUT2D eigenvalue weighted by Gasteiger charge is -1.96. The molecule has 16 heavy (non-hydrogen) atoms. The smallest absolute Gasteiger partial charge is 0.204 e. The summed E-state index contributed by atoms with van der Waals surface area (Å²) in [5.41, 5.74) is 3.22. The Labute approximate surface area is 96.1 Å². The maximum atomic E-state index is 4.50. The molecule has 0 aliphatic carbocycles. The molecular weight excluding hydrogens is 198 g/mol. The van der Waals surface area contributed by atoms with Crippen LogP contribution in [0.1, 0.15) is 19.5 Å². The Morgan fingerprint density at radius 2 is 2.19 bits per heavy atom. The van der Waals surface area contributed by atoms with Crippen LogP contribution in [0.4, 0.5) is 0 Å². The first-order valence-corrected chi connectivity index (χ1v) is 5.67. The minimum Gasteiger partial charge on any atom is -0.253 e. The van der Waals surface area contributed by atoms with Gasteiger partial charge in [0.15, 0.2) is 6.54 Å². The van der Waals surface area contributed by atoms with Crippen LogP contribution in [-0.4, -0.2) is 10.1 Å². The average Bonchev–Trinajstić information content (AvgIpc) is 2.65. The van der Waals surface area contributed by atoms with E-state index >= 15 is 0 Å². The van der Waals surface area contributed by atoms with Crippen LogP contribution in [-0.2, 0) is 6.54 Å². The highest BCUT2D eigenvalue weighted by molar-refractivity contribution is 5.55. The van der Waals surface area contributed by atoms with E-state index in [4.69, 9.17) is 0 Å². The molecule has 0 aliphatic heterocycles. The third kappa shape index (κ3) is 2.48. The van der Waals surface area contributed by atoms with E-state index < -0.39 is 0 Å². The molecule has 0 saturated heterocycles. The molecule has 3 nitrogen and oxygen atoms in total. The summed E-state index contributed by atoms with van der Waals surface area (Å²) in [6, 6.07) is 6.09. The van der Waals surface area contributed by atoms with Gasteiger partial charge in [0.1, 0.15) is 0 Å². The summed E-state index contributed by atoms with van der Waals surface area (Å²) >= 11 is 0. The van der Waals surface area contributed by atoms with Crippen molar-refractivity contribution >= 4 is 0 Å². The van der Waals surface area contributed by atoms with E-state index in [0.717, 1.165) is 23.5 Å². The monoisotopic (exact) mass is 216 g/mol. The van der Waals surface area contributed by atoms with Gasteiger partial charge in [0.25, 0.3) is 0 Å². The molecule has 0 radical (unpaired) electrons. The van der Waals surface area contributed by atoms with Gasteiger partial charge in [-0.3, -0.25) is 4.98 Å². The number of hydrogen-bond donors (Lipinski definition) is 1. The molecule has 2 rings (SSSR count). The predicted molar refractivity (Wildman–Crippen MR) is 63.8 cm³/mol. The largest absolute Gasteiger partial charge is 0.253 e. The normalized spacial score (nSPS) is 11.0. The summed E-state index contributed by atoms with van der Waals surface area (Å²) < 4.78 is 2.10. The van der Waals surface area contributed by atoms with Crippen LogP contribution in [0.5, 0.6) is 0 Å². The summed E-state index contributed by atoms with van der Waals surface area (Å²) in [5, 5.41) is 3.23. The molecule has 84 valence electrons. The molecule has 1 N–H and O–H groups in total. The summed E-state index contributed by atoms with van der Waals surface area (Å²) in [7, 11) is 0. The van der Waals surface area contributed by atoms with Crippen LogP contribution in [0, 0.1) is 12.8 Å². The third-order valence-electron chi connectivity index (χ3n) is 2.43. The Morgan fingerprint density at radius 3 is 2.88 bits per heavy atom. The van der Waals surface area contributed by atoms with E-state index in [-0.39, 0.29) is 0 Å². The molecule has 0 spiro atoms. The fraction of sp³-hybridized carbons (Fsp3) is 0.385. The first-order valence-electron chi connectivity index (χ1n) is 5.67. The molecule has 0 unspecified atom stereocenters. The van der Waals surface area contributed by atoms with Crippen LogP contribution < -0.4 is 4.68 Å². The highest BCUT2D eigenvalue weighted by Crippen LogP contribution is 2.14. The van der Waals surface area contributed by atoms with Crippen molar-refractivity contribution in [2.75, 3.05) is 0 Å².